The number of hydrogen-bond donors (Lipinski definition) is 2. The van der Waals surface area contributed by atoms with Crippen molar-refractivity contribution >= 4 is 26.5 Å². The summed E-state index contributed by atoms with van der Waals surface area (Å²) in [6, 6.07) is 2.47. The molecule has 0 amide bonds. The third-order valence-corrected chi connectivity index (χ3v) is 4.17. The van der Waals surface area contributed by atoms with Crippen LogP contribution in [0.1, 0.15) is 10.4 Å². The van der Waals surface area contributed by atoms with E-state index < -0.39 is 35.6 Å². The number of carbonyl (C=O) groups is 1. The molecule has 0 fully saturated rings. The third kappa shape index (κ3) is 2.72. The molecule has 0 saturated carbocycles. The van der Waals surface area contributed by atoms with Crippen molar-refractivity contribution in [3.8, 4) is 0 Å². The maximum atomic E-state index is 11.3. The second-order valence-electron chi connectivity index (χ2n) is 2.92. The van der Waals surface area contributed by atoms with Gasteiger partial charge in [-0.25, -0.2) is 0 Å². The molecular weight excluding hydrogens is 288 g/mol. The van der Waals surface area contributed by atoms with Crippen molar-refractivity contribution in [3.63, 3.8) is 0 Å². The molecule has 0 bridgehead atoms. The van der Waals surface area contributed by atoms with Crippen LogP contribution < -0.4 is 11.8 Å². The van der Waals surface area contributed by atoms with Crippen LogP contribution in [0, 0.1) is 0 Å². The van der Waals surface area contributed by atoms with Gasteiger partial charge < -0.3 is 0 Å². The molecule has 0 spiro atoms. The number of nitrogens with two attached hydrogens (primary N) is 2. The lowest BCUT2D eigenvalue weighted by Crippen LogP contribution is -2.15. The molecule has 0 radical (unpaired) electrons. The van der Waals surface area contributed by atoms with Crippen LogP contribution in [0.15, 0.2) is 28.0 Å². The van der Waals surface area contributed by atoms with E-state index in [1.54, 1.807) is 0 Å². The quantitative estimate of drug-likeness (QED) is 0.495. The molecule has 0 aliphatic heterocycles. The first-order valence-electron chi connectivity index (χ1n) is 4.14. The fourth-order valence-corrected chi connectivity index (χ4v) is 2.46. The minimum atomic E-state index is -4.33. The van der Waals surface area contributed by atoms with E-state index in [9.17, 15) is 21.6 Å². The van der Waals surface area contributed by atoms with Gasteiger partial charge in [-0.2, -0.15) is 37.2 Å². The average molecular weight is 296 g/mol. The first-order valence-corrected chi connectivity index (χ1v) is 6.96. The zero-order chi connectivity index (χ0) is 14.0. The molecule has 1 aromatic rings. The fourth-order valence-electron chi connectivity index (χ4n) is 1.11. The molecule has 0 aliphatic carbocycles. The van der Waals surface area contributed by atoms with Crippen LogP contribution in [0.2, 0.25) is 0 Å². The Hall–Kier alpha value is -1.37. The van der Waals surface area contributed by atoms with Crippen molar-refractivity contribution in [2.24, 2.45) is 11.8 Å². The molecule has 100 valence electrons. The van der Waals surface area contributed by atoms with Crippen molar-refractivity contribution in [2.45, 2.75) is 9.79 Å². The van der Waals surface area contributed by atoms with Gasteiger partial charge in [0.25, 0.3) is 0 Å². The highest BCUT2D eigenvalue weighted by Gasteiger charge is 2.22. The predicted molar refractivity (Wildman–Crippen MR) is 56.7 cm³/mol. The standard InChI is InChI=1S/C7H8N2O7S2/c8-15-17(11,12)6-1-2-7(5(3-6)4-10)18(13,14)16-9/h1-4H,8-9H2. The minimum Gasteiger partial charge on any atom is -0.298 e. The Labute approximate surface area is 102 Å². The molecule has 9 nitrogen and oxygen atoms in total. The van der Waals surface area contributed by atoms with Crippen LogP contribution in [-0.4, -0.2) is 23.1 Å². The zero-order valence-electron chi connectivity index (χ0n) is 8.64. The molecule has 0 aliphatic rings. The molecule has 11 heteroatoms. The summed E-state index contributed by atoms with van der Waals surface area (Å²) < 4.78 is 52.5. The molecule has 0 saturated heterocycles. The smallest absolute Gasteiger partial charge is 0.298 e. The van der Waals surface area contributed by atoms with Gasteiger partial charge in [-0.1, -0.05) is 0 Å². The van der Waals surface area contributed by atoms with E-state index in [1.807, 2.05) is 0 Å². The van der Waals surface area contributed by atoms with Gasteiger partial charge in [0.2, 0.25) is 0 Å². The second kappa shape index (κ2) is 5.09. The van der Waals surface area contributed by atoms with Crippen molar-refractivity contribution in [2.75, 3.05) is 0 Å². The lowest BCUT2D eigenvalue weighted by Gasteiger charge is -2.06. The van der Waals surface area contributed by atoms with Crippen LogP contribution in [0.3, 0.4) is 0 Å². The summed E-state index contributed by atoms with van der Waals surface area (Å²) in [5.74, 6) is 9.09. The number of rotatable bonds is 5. The largest absolute Gasteiger partial charge is 0.313 e. The highest BCUT2D eigenvalue weighted by atomic mass is 32.2. The van der Waals surface area contributed by atoms with Crippen molar-refractivity contribution in [1.29, 1.82) is 0 Å². The van der Waals surface area contributed by atoms with Gasteiger partial charge in [0.05, 0.1) is 4.90 Å². The minimum absolute atomic E-state index is 0.126. The zero-order valence-corrected chi connectivity index (χ0v) is 10.3. The van der Waals surface area contributed by atoms with Crippen molar-refractivity contribution < 1.29 is 30.2 Å². The van der Waals surface area contributed by atoms with Gasteiger partial charge in [0, 0.05) is 5.56 Å². The maximum Gasteiger partial charge on any atom is 0.313 e. The first kappa shape index (κ1) is 14.7. The van der Waals surface area contributed by atoms with E-state index >= 15 is 0 Å². The summed E-state index contributed by atoms with van der Waals surface area (Å²) in [5, 5.41) is 0. The number of carbonyl (C=O) groups excluding carboxylic acids is 1. The van der Waals surface area contributed by atoms with E-state index in [-0.39, 0.29) is 6.29 Å². The molecule has 1 rings (SSSR count). The van der Waals surface area contributed by atoms with Gasteiger partial charge in [-0.15, -0.1) is 0 Å². The molecule has 0 atom stereocenters. The topological polar surface area (TPSA) is 156 Å². The third-order valence-electron chi connectivity index (χ3n) is 1.92. The molecule has 0 aromatic heterocycles. The van der Waals surface area contributed by atoms with Gasteiger partial charge in [-0.3, -0.25) is 4.79 Å². The summed E-state index contributed by atoms with van der Waals surface area (Å²) >= 11 is 0. The van der Waals surface area contributed by atoms with E-state index in [0.29, 0.717) is 0 Å². The van der Waals surface area contributed by atoms with Crippen LogP contribution >= 0.6 is 0 Å². The van der Waals surface area contributed by atoms with E-state index in [1.165, 1.54) is 0 Å². The summed E-state index contributed by atoms with van der Waals surface area (Å²) in [7, 11) is -8.58. The highest BCUT2D eigenvalue weighted by molar-refractivity contribution is 7.87. The monoisotopic (exact) mass is 296 g/mol. The molecule has 4 N–H and O–H groups in total. The highest BCUT2D eigenvalue weighted by Crippen LogP contribution is 2.20. The fraction of sp³-hybridized carbons (Fsp3) is 0. The Balaban J connectivity index is 3.52. The Morgan fingerprint density at radius 3 is 2.00 bits per heavy atom. The summed E-state index contributed by atoms with van der Waals surface area (Å²) in [5.41, 5.74) is -0.460. The second-order valence-corrected chi connectivity index (χ2v) is 6.03. The van der Waals surface area contributed by atoms with Gasteiger partial charge in [-0.05, 0) is 18.2 Å². The maximum absolute atomic E-state index is 11.3. The van der Waals surface area contributed by atoms with Crippen LogP contribution in [0.5, 0.6) is 0 Å². The number of benzene rings is 1. The SMILES string of the molecule is NOS(=O)(=O)c1ccc(S(=O)(=O)ON)c(C=O)c1. The van der Waals surface area contributed by atoms with E-state index in [0.717, 1.165) is 18.2 Å². The summed E-state index contributed by atoms with van der Waals surface area (Å²) in [4.78, 5) is 9.67. The number of aldehydes is 1. The van der Waals surface area contributed by atoms with E-state index in [4.69, 9.17) is 0 Å². The molecule has 0 unspecified atom stereocenters. The van der Waals surface area contributed by atoms with Gasteiger partial charge in [0.1, 0.15) is 4.90 Å². The molecule has 18 heavy (non-hydrogen) atoms. The molecule has 1 aromatic carbocycles. The summed E-state index contributed by atoms with van der Waals surface area (Å²) in [6.07, 6.45) is 0.126. The average Bonchev–Trinajstić information content (AvgIpc) is 2.37. The van der Waals surface area contributed by atoms with Crippen LogP contribution in [0.25, 0.3) is 0 Å². The predicted octanol–water partition coefficient (Wildman–Crippen LogP) is -1.34. The molecular formula is C7H8N2O7S2. The van der Waals surface area contributed by atoms with Gasteiger partial charge in [0.15, 0.2) is 6.29 Å². The lowest BCUT2D eigenvalue weighted by atomic mass is 10.2. The number of hydrogen-bond acceptors (Lipinski definition) is 9. The Kier molecular flexibility index (Phi) is 4.16. The first-order chi connectivity index (χ1) is 8.28. The normalized spacial score (nSPS) is 12.3. The van der Waals surface area contributed by atoms with Gasteiger partial charge >= 0.3 is 20.2 Å². The Bertz CT molecular complexity index is 665. The van der Waals surface area contributed by atoms with E-state index in [2.05, 4.69) is 20.4 Å². The molecule has 0 heterocycles. The summed E-state index contributed by atoms with van der Waals surface area (Å²) in [6.45, 7) is 0. The Morgan fingerprint density at radius 2 is 1.56 bits per heavy atom. The van der Waals surface area contributed by atoms with Crippen molar-refractivity contribution in [1.82, 2.24) is 0 Å². The lowest BCUT2D eigenvalue weighted by molar-refractivity contribution is 0.111. The van der Waals surface area contributed by atoms with Crippen molar-refractivity contribution in [3.05, 3.63) is 23.8 Å². The van der Waals surface area contributed by atoms with Crippen LogP contribution in [0.4, 0.5) is 0 Å². The Morgan fingerprint density at radius 1 is 1.00 bits per heavy atom. The van der Waals surface area contributed by atoms with Crippen LogP contribution in [-0.2, 0) is 28.8 Å².